The van der Waals surface area contributed by atoms with Gasteiger partial charge in [-0.1, -0.05) is 6.42 Å². The molecule has 1 fully saturated rings. The molecule has 156 valence electrons. The van der Waals surface area contributed by atoms with Crippen LogP contribution in [0.3, 0.4) is 0 Å². The van der Waals surface area contributed by atoms with Crippen LogP contribution in [-0.4, -0.2) is 37.3 Å². The molecule has 1 amide bonds. The lowest BCUT2D eigenvalue weighted by atomic mass is 10.1. The van der Waals surface area contributed by atoms with Gasteiger partial charge in [-0.25, -0.2) is 8.42 Å². The number of benzene rings is 2. The van der Waals surface area contributed by atoms with Crippen LogP contribution in [0, 0.1) is 0 Å². The number of hydrogen-bond acceptors (Lipinski definition) is 4. The fraction of sp³-hybridized carbons (Fsp3) is 0.409. The number of amides is 1. The summed E-state index contributed by atoms with van der Waals surface area (Å²) in [6.07, 6.45) is 2.89. The van der Waals surface area contributed by atoms with E-state index >= 15 is 0 Å². The number of piperidine rings is 1. The third kappa shape index (κ3) is 5.16. The molecule has 6 nitrogen and oxygen atoms in total. The SMILES string of the molecule is CC(C)Oc1ccc(NC(=O)c2ccc(S(=O)(=O)N3CCCCC3C)cc2)cc1. The predicted octanol–water partition coefficient (Wildman–Crippen LogP) is 4.29. The van der Waals surface area contributed by atoms with Crippen molar-refractivity contribution >= 4 is 21.6 Å². The van der Waals surface area contributed by atoms with E-state index < -0.39 is 10.0 Å². The first-order chi connectivity index (χ1) is 13.8. The topological polar surface area (TPSA) is 75.7 Å². The number of anilines is 1. The van der Waals surface area contributed by atoms with E-state index in [1.54, 1.807) is 40.7 Å². The summed E-state index contributed by atoms with van der Waals surface area (Å²) in [4.78, 5) is 12.7. The van der Waals surface area contributed by atoms with Gasteiger partial charge >= 0.3 is 0 Å². The quantitative estimate of drug-likeness (QED) is 0.762. The van der Waals surface area contributed by atoms with Crippen molar-refractivity contribution in [2.45, 2.75) is 57.1 Å². The molecule has 0 bridgehead atoms. The van der Waals surface area contributed by atoms with Crippen LogP contribution in [0.1, 0.15) is 50.4 Å². The molecule has 1 aliphatic heterocycles. The molecular weight excluding hydrogens is 388 g/mol. The molecule has 1 heterocycles. The van der Waals surface area contributed by atoms with Gasteiger partial charge < -0.3 is 10.1 Å². The summed E-state index contributed by atoms with van der Waals surface area (Å²) in [6.45, 7) is 6.38. The summed E-state index contributed by atoms with van der Waals surface area (Å²) in [6, 6.07) is 13.2. The van der Waals surface area contributed by atoms with Crippen molar-refractivity contribution in [3.8, 4) is 5.75 Å². The van der Waals surface area contributed by atoms with Gasteiger partial charge in [-0.3, -0.25) is 4.79 Å². The van der Waals surface area contributed by atoms with E-state index in [-0.39, 0.29) is 22.9 Å². The summed E-state index contributed by atoms with van der Waals surface area (Å²) in [5.41, 5.74) is 1.04. The van der Waals surface area contributed by atoms with Crippen LogP contribution in [0.25, 0.3) is 0 Å². The minimum Gasteiger partial charge on any atom is -0.491 e. The van der Waals surface area contributed by atoms with E-state index in [1.807, 2.05) is 20.8 Å². The second kappa shape index (κ2) is 8.97. The molecule has 0 aromatic heterocycles. The van der Waals surface area contributed by atoms with Gasteiger partial charge in [0.15, 0.2) is 0 Å². The third-order valence-electron chi connectivity index (χ3n) is 4.95. The smallest absolute Gasteiger partial charge is 0.255 e. The van der Waals surface area contributed by atoms with Crippen molar-refractivity contribution in [2.24, 2.45) is 0 Å². The number of carbonyl (C=O) groups is 1. The van der Waals surface area contributed by atoms with Crippen LogP contribution in [0.15, 0.2) is 53.4 Å². The van der Waals surface area contributed by atoms with Gasteiger partial charge in [0.1, 0.15) is 5.75 Å². The number of sulfonamides is 1. The van der Waals surface area contributed by atoms with Crippen molar-refractivity contribution < 1.29 is 17.9 Å². The molecule has 3 rings (SSSR count). The molecule has 1 unspecified atom stereocenters. The lowest BCUT2D eigenvalue weighted by Crippen LogP contribution is -2.41. The van der Waals surface area contributed by atoms with Crippen molar-refractivity contribution in [2.75, 3.05) is 11.9 Å². The lowest BCUT2D eigenvalue weighted by molar-refractivity contribution is 0.102. The number of hydrogen-bond donors (Lipinski definition) is 1. The van der Waals surface area contributed by atoms with E-state index in [1.165, 1.54) is 12.1 Å². The number of ether oxygens (including phenoxy) is 1. The number of nitrogens with zero attached hydrogens (tertiary/aromatic N) is 1. The predicted molar refractivity (Wildman–Crippen MR) is 114 cm³/mol. The fourth-order valence-corrected chi connectivity index (χ4v) is 5.13. The molecule has 2 aromatic rings. The zero-order valence-corrected chi connectivity index (χ0v) is 17.9. The van der Waals surface area contributed by atoms with Crippen LogP contribution >= 0.6 is 0 Å². The van der Waals surface area contributed by atoms with Crippen molar-refractivity contribution in [3.05, 3.63) is 54.1 Å². The highest BCUT2D eigenvalue weighted by Crippen LogP contribution is 2.25. The average molecular weight is 417 g/mol. The summed E-state index contributed by atoms with van der Waals surface area (Å²) in [5, 5.41) is 2.81. The minimum absolute atomic E-state index is 0.000581. The number of nitrogens with one attached hydrogen (secondary N) is 1. The first kappa shape index (κ1) is 21.3. The van der Waals surface area contributed by atoms with Gasteiger partial charge in [-0.2, -0.15) is 4.31 Å². The molecule has 1 saturated heterocycles. The van der Waals surface area contributed by atoms with Crippen LogP contribution in [0.5, 0.6) is 5.75 Å². The summed E-state index contributed by atoms with van der Waals surface area (Å²) in [5.74, 6) is 0.442. The van der Waals surface area contributed by atoms with Crippen LogP contribution in [-0.2, 0) is 10.0 Å². The van der Waals surface area contributed by atoms with Gasteiger partial charge in [0.2, 0.25) is 10.0 Å². The zero-order valence-electron chi connectivity index (χ0n) is 17.1. The molecule has 0 saturated carbocycles. The first-order valence-electron chi connectivity index (χ1n) is 9.97. The van der Waals surface area contributed by atoms with E-state index in [0.717, 1.165) is 25.0 Å². The second-order valence-corrected chi connectivity index (χ2v) is 9.52. The molecule has 1 atom stereocenters. The Bertz CT molecular complexity index is 938. The van der Waals surface area contributed by atoms with Gasteiger partial charge in [-0.15, -0.1) is 0 Å². The van der Waals surface area contributed by atoms with E-state index in [4.69, 9.17) is 4.74 Å². The maximum Gasteiger partial charge on any atom is 0.255 e. The maximum absolute atomic E-state index is 12.9. The van der Waals surface area contributed by atoms with E-state index in [2.05, 4.69) is 5.32 Å². The van der Waals surface area contributed by atoms with Crippen LogP contribution in [0.2, 0.25) is 0 Å². The molecule has 2 aromatic carbocycles. The standard InChI is InChI=1S/C22H28N2O4S/c1-16(2)28-20-11-9-19(10-12-20)23-22(25)18-7-13-21(14-8-18)29(26,27)24-15-5-4-6-17(24)3/h7-14,16-17H,4-6,15H2,1-3H3,(H,23,25). The number of rotatable bonds is 6. The Morgan fingerprint density at radius 1 is 1.07 bits per heavy atom. The maximum atomic E-state index is 12.9. The lowest BCUT2D eigenvalue weighted by Gasteiger charge is -2.32. The third-order valence-corrected chi connectivity index (χ3v) is 6.98. The Balaban J connectivity index is 1.68. The Morgan fingerprint density at radius 3 is 2.31 bits per heavy atom. The molecule has 0 radical (unpaired) electrons. The minimum atomic E-state index is -3.54. The first-order valence-corrected chi connectivity index (χ1v) is 11.4. The fourth-order valence-electron chi connectivity index (χ4n) is 3.43. The Labute approximate surface area is 172 Å². The molecule has 7 heteroatoms. The molecular formula is C22H28N2O4S. The largest absolute Gasteiger partial charge is 0.491 e. The monoisotopic (exact) mass is 416 g/mol. The zero-order chi connectivity index (χ0) is 21.0. The average Bonchev–Trinajstić information content (AvgIpc) is 2.69. The van der Waals surface area contributed by atoms with Crippen molar-refractivity contribution in [3.63, 3.8) is 0 Å². The van der Waals surface area contributed by atoms with Gasteiger partial charge in [0.25, 0.3) is 5.91 Å². The highest BCUT2D eigenvalue weighted by molar-refractivity contribution is 7.89. The Kier molecular flexibility index (Phi) is 6.59. The number of carbonyl (C=O) groups excluding carboxylic acids is 1. The van der Waals surface area contributed by atoms with Gasteiger partial charge in [0.05, 0.1) is 11.0 Å². The van der Waals surface area contributed by atoms with Crippen LogP contribution in [0.4, 0.5) is 5.69 Å². The summed E-state index contributed by atoms with van der Waals surface area (Å²) >= 11 is 0. The normalized spacial score (nSPS) is 17.9. The van der Waals surface area contributed by atoms with Crippen molar-refractivity contribution in [1.82, 2.24) is 4.31 Å². The van der Waals surface area contributed by atoms with Gasteiger partial charge in [-0.05, 0) is 82.1 Å². The molecule has 29 heavy (non-hydrogen) atoms. The van der Waals surface area contributed by atoms with Crippen LogP contribution < -0.4 is 10.1 Å². The molecule has 1 aliphatic rings. The Morgan fingerprint density at radius 2 is 1.72 bits per heavy atom. The molecule has 1 N–H and O–H groups in total. The second-order valence-electron chi connectivity index (χ2n) is 7.63. The van der Waals surface area contributed by atoms with E-state index in [9.17, 15) is 13.2 Å². The van der Waals surface area contributed by atoms with Gasteiger partial charge in [0, 0.05) is 23.8 Å². The van der Waals surface area contributed by atoms with Crippen molar-refractivity contribution in [1.29, 1.82) is 0 Å². The highest BCUT2D eigenvalue weighted by atomic mass is 32.2. The highest BCUT2D eigenvalue weighted by Gasteiger charge is 2.30. The molecule has 0 aliphatic carbocycles. The Hall–Kier alpha value is -2.38. The van der Waals surface area contributed by atoms with E-state index in [0.29, 0.717) is 17.8 Å². The summed E-state index contributed by atoms with van der Waals surface area (Å²) in [7, 11) is -3.54. The molecule has 0 spiro atoms. The summed E-state index contributed by atoms with van der Waals surface area (Å²) < 4.78 is 32.9.